The van der Waals surface area contributed by atoms with Crippen LogP contribution in [0.1, 0.15) is 29.2 Å². The molecule has 5 heteroatoms. The molecule has 2 aromatic rings. The van der Waals surface area contributed by atoms with Crippen LogP contribution in [0, 0.1) is 20.8 Å². The molecule has 5 nitrogen and oxygen atoms in total. The summed E-state index contributed by atoms with van der Waals surface area (Å²) in [5, 5.41) is 3.01. The van der Waals surface area contributed by atoms with E-state index in [4.69, 9.17) is 16.5 Å². The fraction of sp³-hybridized carbons (Fsp3) is 0.294. The highest BCUT2D eigenvalue weighted by Gasteiger charge is 2.29. The van der Waals surface area contributed by atoms with Crippen molar-refractivity contribution in [3.63, 3.8) is 0 Å². The maximum absolute atomic E-state index is 6.20. The number of rotatable bonds is 1. The van der Waals surface area contributed by atoms with Crippen LogP contribution in [-0.2, 0) is 5.66 Å². The summed E-state index contributed by atoms with van der Waals surface area (Å²) in [6, 6.07) is 8.30. The summed E-state index contributed by atoms with van der Waals surface area (Å²) >= 11 is 0. The van der Waals surface area contributed by atoms with Gasteiger partial charge in [0.15, 0.2) is 5.96 Å². The van der Waals surface area contributed by atoms with Crippen molar-refractivity contribution in [2.75, 3.05) is 5.32 Å². The number of nitrogens with one attached hydrogen (secondary N) is 1. The zero-order valence-corrected chi connectivity index (χ0v) is 13.4. The highest BCUT2D eigenvalue weighted by molar-refractivity contribution is 5.94. The highest BCUT2D eigenvalue weighted by atomic mass is 15.2. The molecule has 0 aliphatic carbocycles. The average Bonchev–Trinajstić information content (AvgIpc) is 2.35. The fourth-order valence-electron chi connectivity index (χ4n) is 3.15. The first-order chi connectivity index (χ1) is 10.3. The minimum Gasteiger partial charge on any atom is -0.370 e. The van der Waals surface area contributed by atoms with Gasteiger partial charge in [-0.3, -0.25) is 0 Å². The third kappa shape index (κ3) is 2.33. The summed E-state index contributed by atoms with van der Waals surface area (Å²) in [4.78, 5) is 8.96. The molecule has 5 N–H and O–H groups in total. The average molecular weight is 295 g/mol. The summed E-state index contributed by atoms with van der Waals surface area (Å²) in [5.41, 5.74) is 17.7. The van der Waals surface area contributed by atoms with Gasteiger partial charge in [-0.25, -0.2) is 9.98 Å². The number of nitrogens with two attached hydrogens (primary N) is 2. The Morgan fingerprint density at radius 1 is 1.09 bits per heavy atom. The zero-order chi connectivity index (χ0) is 16.1. The van der Waals surface area contributed by atoms with Crippen LogP contribution in [0.2, 0.25) is 0 Å². The van der Waals surface area contributed by atoms with Gasteiger partial charge in [-0.15, -0.1) is 0 Å². The lowest BCUT2D eigenvalue weighted by molar-refractivity contribution is 0.519. The van der Waals surface area contributed by atoms with Gasteiger partial charge in [-0.1, -0.05) is 17.7 Å². The van der Waals surface area contributed by atoms with Crippen molar-refractivity contribution in [1.82, 2.24) is 4.98 Å². The summed E-state index contributed by atoms with van der Waals surface area (Å²) in [6.45, 7) is 8.13. The lowest BCUT2D eigenvalue weighted by Crippen LogP contribution is -2.41. The first-order valence-electron chi connectivity index (χ1n) is 7.29. The molecule has 1 unspecified atom stereocenters. The standard InChI is InChI=1S/C17H21N5/c1-9-7-10(2)14(11(3)8-9)13-6-5-12-15(20-13)21-16(18)22-17(12,4)19/h5-8H,19H2,1-4H3,(H3,18,20,21,22). The van der Waals surface area contributed by atoms with Gasteiger partial charge in [0.05, 0.1) is 5.69 Å². The van der Waals surface area contributed by atoms with Gasteiger partial charge < -0.3 is 16.8 Å². The molecule has 0 radical (unpaired) electrons. The molecular formula is C17H21N5. The number of pyridine rings is 1. The molecule has 0 fully saturated rings. The zero-order valence-electron chi connectivity index (χ0n) is 13.4. The van der Waals surface area contributed by atoms with Crippen LogP contribution in [0.25, 0.3) is 11.3 Å². The molecule has 22 heavy (non-hydrogen) atoms. The Kier molecular flexibility index (Phi) is 3.18. The third-order valence-corrected chi connectivity index (χ3v) is 3.97. The Balaban J connectivity index is 2.16. The SMILES string of the molecule is Cc1cc(C)c(-c2ccc3c(n2)NC(N)=NC3(C)N)c(C)c1. The Hall–Kier alpha value is -2.40. The minimum absolute atomic E-state index is 0.291. The second-order valence-electron chi connectivity index (χ2n) is 6.14. The van der Waals surface area contributed by atoms with E-state index in [2.05, 4.69) is 43.2 Å². The number of guanidine groups is 1. The number of aromatic nitrogens is 1. The van der Waals surface area contributed by atoms with E-state index in [0.717, 1.165) is 16.8 Å². The van der Waals surface area contributed by atoms with E-state index >= 15 is 0 Å². The van der Waals surface area contributed by atoms with E-state index in [-0.39, 0.29) is 0 Å². The van der Waals surface area contributed by atoms with Crippen LogP contribution >= 0.6 is 0 Å². The lowest BCUT2D eigenvalue weighted by Gasteiger charge is -2.28. The number of aliphatic imine (C=N–C) groups is 1. The molecular weight excluding hydrogens is 274 g/mol. The Labute approximate surface area is 130 Å². The van der Waals surface area contributed by atoms with E-state index < -0.39 is 5.66 Å². The number of fused-ring (bicyclic) bond motifs is 1. The Bertz CT molecular complexity index is 767. The van der Waals surface area contributed by atoms with Crippen molar-refractivity contribution in [2.45, 2.75) is 33.4 Å². The van der Waals surface area contributed by atoms with Gasteiger partial charge >= 0.3 is 0 Å². The van der Waals surface area contributed by atoms with Gasteiger partial charge in [-0.05, 0) is 51.0 Å². The summed E-state index contributed by atoms with van der Waals surface area (Å²) in [6.07, 6.45) is 0. The van der Waals surface area contributed by atoms with Crippen molar-refractivity contribution in [3.8, 4) is 11.3 Å². The van der Waals surface area contributed by atoms with Gasteiger partial charge in [0.2, 0.25) is 0 Å². The molecule has 0 spiro atoms. The second-order valence-corrected chi connectivity index (χ2v) is 6.14. The highest BCUT2D eigenvalue weighted by Crippen LogP contribution is 2.33. The summed E-state index contributed by atoms with van der Waals surface area (Å²) in [7, 11) is 0. The first kappa shape index (κ1) is 14.5. The molecule has 1 aromatic heterocycles. The second kappa shape index (κ2) is 4.81. The Morgan fingerprint density at radius 2 is 1.73 bits per heavy atom. The molecule has 0 bridgehead atoms. The van der Waals surface area contributed by atoms with Crippen LogP contribution in [0.5, 0.6) is 0 Å². The molecule has 1 aliphatic heterocycles. The number of hydrogen-bond acceptors (Lipinski definition) is 5. The maximum Gasteiger partial charge on any atom is 0.196 e. The number of aryl methyl sites for hydroxylation is 3. The van der Waals surface area contributed by atoms with Crippen molar-refractivity contribution in [2.24, 2.45) is 16.5 Å². The van der Waals surface area contributed by atoms with Crippen LogP contribution in [0.3, 0.4) is 0 Å². The van der Waals surface area contributed by atoms with Gasteiger partial charge in [0, 0.05) is 11.1 Å². The maximum atomic E-state index is 6.20. The summed E-state index contributed by atoms with van der Waals surface area (Å²) < 4.78 is 0. The molecule has 0 amide bonds. The normalized spacial score (nSPS) is 20.1. The molecule has 1 atom stereocenters. The third-order valence-electron chi connectivity index (χ3n) is 3.97. The van der Waals surface area contributed by atoms with Crippen molar-refractivity contribution >= 4 is 11.8 Å². The fourth-order valence-corrected chi connectivity index (χ4v) is 3.15. The van der Waals surface area contributed by atoms with Crippen LogP contribution in [0.4, 0.5) is 5.82 Å². The van der Waals surface area contributed by atoms with Crippen LogP contribution in [0.15, 0.2) is 29.3 Å². The predicted octanol–water partition coefficient (Wildman–Crippen LogP) is 2.55. The minimum atomic E-state index is -0.854. The van der Waals surface area contributed by atoms with Crippen LogP contribution in [-0.4, -0.2) is 10.9 Å². The number of anilines is 1. The van der Waals surface area contributed by atoms with Crippen molar-refractivity contribution < 1.29 is 0 Å². The number of benzene rings is 1. The Morgan fingerprint density at radius 3 is 2.36 bits per heavy atom. The van der Waals surface area contributed by atoms with E-state index in [1.165, 1.54) is 16.7 Å². The predicted molar refractivity (Wildman–Crippen MR) is 90.7 cm³/mol. The van der Waals surface area contributed by atoms with E-state index in [0.29, 0.717) is 11.8 Å². The van der Waals surface area contributed by atoms with Crippen molar-refractivity contribution in [3.05, 3.63) is 46.5 Å². The van der Waals surface area contributed by atoms with Crippen molar-refractivity contribution in [1.29, 1.82) is 0 Å². The first-order valence-corrected chi connectivity index (χ1v) is 7.29. The van der Waals surface area contributed by atoms with Crippen LogP contribution < -0.4 is 16.8 Å². The molecule has 0 saturated carbocycles. The molecule has 0 saturated heterocycles. The van der Waals surface area contributed by atoms with E-state index in [1.54, 1.807) is 0 Å². The topological polar surface area (TPSA) is 89.3 Å². The molecule has 3 rings (SSSR count). The van der Waals surface area contributed by atoms with Gasteiger partial charge in [-0.2, -0.15) is 0 Å². The molecule has 1 aliphatic rings. The molecule has 114 valence electrons. The largest absolute Gasteiger partial charge is 0.370 e. The smallest absolute Gasteiger partial charge is 0.196 e. The van der Waals surface area contributed by atoms with Gasteiger partial charge in [0.1, 0.15) is 11.5 Å². The van der Waals surface area contributed by atoms with E-state index in [1.807, 2.05) is 19.1 Å². The quantitative estimate of drug-likeness (QED) is 0.754. The number of hydrogen-bond donors (Lipinski definition) is 3. The lowest BCUT2D eigenvalue weighted by atomic mass is 9.95. The number of nitrogens with zero attached hydrogens (tertiary/aromatic N) is 2. The molecule has 2 heterocycles. The van der Waals surface area contributed by atoms with Gasteiger partial charge in [0.25, 0.3) is 0 Å². The summed E-state index contributed by atoms with van der Waals surface area (Å²) in [5.74, 6) is 0.967. The molecule has 1 aromatic carbocycles. The monoisotopic (exact) mass is 295 g/mol. The van der Waals surface area contributed by atoms with E-state index in [9.17, 15) is 0 Å².